The largest absolute Gasteiger partial charge is 0.494 e. The van der Waals surface area contributed by atoms with Gasteiger partial charge in [-0.2, -0.15) is 0 Å². The van der Waals surface area contributed by atoms with Crippen LogP contribution in [0.2, 0.25) is 0 Å². The van der Waals surface area contributed by atoms with Crippen molar-refractivity contribution >= 4 is 21.6 Å². The molecule has 3 nitrogen and oxygen atoms in total. The molecule has 0 amide bonds. The third-order valence-electron chi connectivity index (χ3n) is 2.07. The molecule has 0 N–H and O–H groups in total. The minimum absolute atomic E-state index is 0.0636. The highest BCUT2D eigenvalue weighted by molar-refractivity contribution is 7.16. The molecule has 0 atom stereocenters. The van der Waals surface area contributed by atoms with Crippen molar-refractivity contribution in [3.8, 4) is 5.75 Å². The number of hydrogen-bond acceptors (Lipinski definition) is 3. The monoisotopic (exact) mass is 209 g/mol. The van der Waals surface area contributed by atoms with Gasteiger partial charge in [-0.25, -0.2) is 0 Å². The Morgan fingerprint density at radius 2 is 2.29 bits per heavy atom. The Morgan fingerprint density at radius 3 is 3.00 bits per heavy atom. The van der Waals surface area contributed by atoms with Gasteiger partial charge in [-0.1, -0.05) is 11.3 Å². The predicted molar refractivity (Wildman–Crippen MR) is 58.2 cm³/mol. The summed E-state index contributed by atoms with van der Waals surface area (Å²) >= 11 is 1.25. The third kappa shape index (κ3) is 1.42. The molecule has 4 heteroatoms. The van der Waals surface area contributed by atoms with Gasteiger partial charge in [0, 0.05) is 7.05 Å². The molecular formula is C10H11NO2S. The SMILES string of the molecule is CCOc1ccc2c(c1)sc(=O)n2C. The number of aryl methyl sites for hydroxylation is 1. The number of hydrogen-bond donors (Lipinski definition) is 0. The summed E-state index contributed by atoms with van der Waals surface area (Å²) in [6.45, 7) is 2.59. The van der Waals surface area contributed by atoms with Crippen molar-refractivity contribution in [3.05, 3.63) is 27.9 Å². The van der Waals surface area contributed by atoms with Crippen LogP contribution in [0.4, 0.5) is 0 Å². The highest BCUT2D eigenvalue weighted by Crippen LogP contribution is 2.22. The molecule has 0 bridgehead atoms. The summed E-state index contributed by atoms with van der Waals surface area (Å²) in [6, 6.07) is 5.71. The Bertz CT molecular complexity index is 512. The van der Waals surface area contributed by atoms with Crippen LogP contribution in [0.25, 0.3) is 10.2 Å². The Hall–Kier alpha value is -1.29. The van der Waals surface area contributed by atoms with Crippen LogP contribution in [0.3, 0.4) is 0 Å². The van der Waals surface area contributed by atoms with Crippen molar-refractivity contribution in [1.82, 2.24) is 4.57 Å². The number of fused-ring (bicyclic) bond motifs is 1. The fourth-order valence-corrected chi connectivity index (χ4v) is 2.28. The van der Waals surface area contributed by atoms with Crippen LogP contribution < -0.4 is 9.61 Å². The summed E-state index contributed by atoms with van der Waals surface area (Å²) in [5.74, 6) is 0.821. The lowest BCUT2D eigenvalue weighted by Crippen LogP contribution is -2.06. The molecule has 0 unspecified atom stereocenters. The molecule has 0 saturated carbocycles. The fraction of sp³-hybridized carbons (Fsp3) is 0.300. The second kappa shape index (κ2) is 3.46. The second-order valence-electron chi connectivity index (χ2n) is 2.99. The average molecular weight is 209 g/mol. The summed E-state index contributed by atoms with van der Waals surface area (Å²) in [5, 5.41) is 0. The molecule has 14 heavy (non-hydrogen) atoms. The number of benzene rings is 1. The first-order chi connectivity index (χ1) is 6.72. The highest BCUT2D eigenvalue weighted by atomic mass is 32.1. The van der Waals surface area contributed by atoms with E-state index in [-0.39, 0.29) is 4.87 Å². The second-order valence-corrected chi connectivity index (χ2v) is 3.98. The Balaban J connectivity index is 2.61. The molecule has 2 aromatic rings. The molecule has 0 fully saturated rings. The zero-order valence-electron chi connectivity index (χ0n) is 8.11. The molecule has 2 rings (SSSR count). The normalized spacial score (nSPS) is 10.7. The van der Waals surface area contributed by atoms with Crippen LogP contribution in [0.15, 0.2) is 23.0 Å². The zero-order chi connectivity index (χ0) is 10.1. The van der Waals surface area contributed by atoms with E-state index in [0.29, 0.717) is 6.61 Å². The van der Waals surface area contributed by atoms with Crippen molar-refractivity contribution < 1.29 is 4.74 Å². The lowest BCUT2D eigenvalue weighted by molar-refractivity contribution is 0.341. The molecule has 0 radical (unpaired) electrons. The van der Waals surface area contributed by atoms with Crippen molar-refractivity contribution in [2.24, 2.45) is 7.05 Å². The van der Waals surface area contributed by atoms with Gasteiger partial charge in [-0.3, -0.25) is 4.79 Å². The highest BCUT2D eigenvalue weighted by Gasteiger charge is 2.04. The van der Waals surface area contributed by atoms with Gasteiger partial charge in [0.1, 0.15) is 5.75 Å². The zero-order valence-corrected chi connectivity index (χ0v) is 8.93. The molecule has 74 valence electrons. The van der Waals surface area contributed by atoms with E-state index in [1.165, 1.54) is 11.3 Å². The maximum absolute atomic E-state index is 11.3. The van der Waals surface area contributed by atoms with Crippen LogP contribution in [-0.4, -0.2) is 11.2 Å². The van der Waals surface area contributed by atoms with E-state index in [2.05, 4.69) is 0 Å². The number of rotatable bonds is 2. The van der Waals surface area contributed by atoms with Crippen LogP contribution in [-0.2, 0) is 7.05 Å². The van der Waals surface area contributed by atoms with Crippen LogP contribution in [0, 0.1) is 0 Å². The first-order valence-electron chi connectivity index (χ1n) is 4.44. The first-order valence-corrected chi connectivity index (χ1v) is 5.26. The molecule has 1 aromatic carbocycles. The maximum Gasteiger partial charge on any atom is 0.307 e. The molecule has 0 saturated heterocycles. The lowest BCUT2D eigenvalue weighted by Gasteiger charge is -2.01. The number of nitrogens with zero attached hydrogens (tertiary/aromatic N) is 1. The topological polar surface area (TPSA) is 31.2 Å². The van der Waals surface area contributed by atoms with Crippen LogP contribution in [0.1, 0.15) is 6.92 Å². The molecule has 0 aliphatic heterocycles. The van der Waals surface area contributed by atoms with Gasteiger partial charge in [-0.15, -0.1) is 0 Å². The first kappa shape index (κ1) is 9.27. The summed E-state index contributed by atoms with van der Waals surface area (Å²) in [5.41, 5.74) is 0.962. The van der Waals surface area contributed by atoms with E-state index in [1.807, 2.05) is 25.1 Å². The van der Waals surface area contributed by atoms with Gasteiger partial charge in [0.25, 0.3) is 0 Å². The minimum atomic E-state index is 0.0636. The van der Waals surface area contributed by atoms with Gasteiger partial charge < -0.3 is 9.30 Å². The summed E-state index contributed by atoms with van der Waals surface area (Å²) in [7, 11) is 1.78. The molecule has 1 heterocycles. The smallest absolute Gasteiger partial charge is 0.307 e. The van der Waals surface area contributed by atoms with Gasteiger partial charge in [0.2, 0.25) is 0 Å². The Morgan fingerprint density at radius 1 is 1.50 bits per heavy atom. The fourth-order valence-electron chi connectivity index (χ4n) is 1.37. The third-order valence-corrected chi connectivity index (χ3v) is 3.07. The number of ether oxygens (including phenoxy) is 1. The van der Waals surface area contributed by atoms with E-state index in [4.69, 9.17) is 4.74 Å². The van der Waals surface area contributed by atoms with Crippen molar-refractivity contribution in [3.63, 3.8) is 0 Å². The summed E-state index contributed by atoms with van der Waals surface area (Å²) in [4.78, 5) is 11.4. The molecule has 1 aromatic heterocycles. The number of aromatic nitrogens is 1. The quantitative estimate of drug-likeness (QED) is 0.757. The minimum Gasteiger partial charge on any atom is -0.494 e. The lowest BCUT2D eigenvalue weighted by atomic mass is 10.3. The van der Waals surface area contributed by atoms with Crippen molar-refractivity contribution in [1.29, 1.82) is 0 Å². The van der Waals surface area contributed by atoms with Crippen LogP contribution >= 0.6 is 11.3 Å². The van der Waals surface area contributed by atoms with Crippen molar-refractivity contribution in [2.45, 2.75) is 6.92 Å². The van der Waals surface area contributed by atoms with Gasteiger partial charge in [0.15, 0.2) is 0 Å². The van der Waals surface area contributed by atoms with Gasteiger partial charge >= 0.3 is 4.87 Å². The molecule has 0 aliphatic carbocycles. The maximum atomic E-state index is 11.3. The van der Waals surface area contributed by atoms with Crippen molar-refractivity contribution in [2.75, 3.05) is 6.61 Å². The van der Waals surface area contributed by atoms with E-state index >= 15 is 0 Å². The van der Waals surface area contributed by atoms with Gasteiger partial charge in [0.05, 0.1) is 16.8 Å². The molecule has 0 spiro atoms. The summed E-state index contributed by atoms with van der Waals surface area (Å²) in [6.07, 6.45) is 0. The van der Waals surface area contributed by atoms with E-state index in [1.54, 1.807) is 11.6 Å². The van der Waals surface area contributed by atoms with E-state index in [9.17, 15) is 4.79 Å². The van der Waals surface area contributed by atoms with Gasteiger partial charge in [-0.05, 0) is 25.1 Å². The number of thiazole rings is 1. The predicted octanol–water partition coefficient (Wildman–Crippen LogP) is 2.00. The summed E-state index contributed by atoms with van der Waals surface area (Å²) < 4.78 is 7.98. The van der Waals surface area contributed by atoms with E-state index in [0.717, 1.165) is 16.0 Å². The average Bonchev–Trinajstić information content (AvgIpc) is 2.43. The van der Waals surface area contributed by atoms with E-state index < -0.39 is 0 Å². The standard InChI is InChI=1S/C10H11NO2S/c1-3-13-7-4-5-8-9(6-7)14-10(12)11(8)2/h4-6H,3H2,1-2H3. The molecule has 0 aliphatic rings. The Kier molecular flexibility index (Phi) is 2.29. The van der Waals surface area contributed by atoms with Crippen LogP contribution in [0.5, 0.6) is 5.75 Å². The Labute approximate surface area is 85.6 Å². The molecular weight excluding hydrogens is 198 g/mol.